The van der Waals surface area contributed by atoms with Gasteiger partial charge in [0.2, 0.25) is 5.91 Å². The van der Waals surface area contributed by atoms with Gasteiger partial charge in [-0.2, -0.15) is 0 Å². The maximum atomic E-state index is 11.3. The average molecular weight is 380 g/mol. The van der Waals surface area contributed by atoms with Crippen molar-refractivity contribution in [3.63, 3.8) is 0 Å². The number of primary amides is 1. The Morgan fingerprint density at radius 3 is 2.52 bits per heavy atom. The number of carbonyl (C=O) groups is 1. The van der Waals surface area contributed by atoms with Crippen LogP contribution in [0.15, 0.2) is 4.99 Å². The molecule has 2 unspecified atom stereocenters. The molecule has 0 aromatic heterocycles. The van der Waals surface area contributed by atoms with E-state index in [0.29, 0.717) is 24.3 Å². The Bertz CT molecular complexity index is 485. The Morgan fingerprint density at radius 1 is 1.22 bits per heavy atom. The molecule has 0 aromatic rings. The van der Waals surface area contributed by atoms with E-state index < -0.39 is 0 Å². The predicted octanol–water partition coefficient (Wildman–Crippen LogP) is 2.30. The molecule has 2 atom stereocenters. The van der Waals surface area contributed by atoms with Gasteiger partial charge in [-0.15, -0.1) is 0 Å². The molecular weight excluding hydrogens is 338 g/mol. The molecule has 0 radical (unpaired) electrons. The van der Waals surface area contributed by atoms with Crippen molar-refractivity contribution in [2.75, 3.05) is 39.3 Å². The highest BCUT2D eigenvalue weighted by Crippen LogP contribution is 2.22. The van der Waals surface area contributed by atoms with Gasteiger partial charge in [0, 0.05) is 32.1 Å². The normalized spacial score (nSPS) is 24.3. The summed E-state index contributed by atoms with van der Waals surface area (Å²) in [6.07, 6.45) is 5.26. The summed E-state index contributed by atoms with van der Waals surface area (Å²) < 4.78 is 0. The molecule has 6 heteroatoms. The first kappa shape index (κ1) is 22.0. The molecule has 156 valence electrons. The van der Waals surface area contributed by atoms with Crippen molar-refractivity contribution in [2.45, 2.75) is 65.8 Å². The third-order valence-electron chi connectivity index (χ3n) is 6.13. The van der Waals surface area contributed by atoms with E-state index in [4.69, 9.17) is 10.7 Å². The van der Waals surface area contributed by atoms with Gasteiger partial charge < -0.3 is 16.0 Å². The predicted molar refractivity (Wildman–Crippen MR) is 113 cm³/mol. The second-order valence-electron chi connectivity index (χ2n) is 8.85. The lowest BCUT2D eigenvalue weighted by atomic mass is 9.94. The molecule has 0 aliphatic carbocycles. The highest BCUT2D eigenvalue weighted by Gasteiger charge is 2.27. The number of nitrogens with two attached hydrogens (primary N) is 1. The van der Waals surface area contributed by atoms with Crippen LogP contribution in [0.4, 0.5) is 0 Å². The number of guanidine groups is 1. The van der Waals surface area contributed by atoms with Crippen molar-refractivity contribution >= 4 is 11.9 Å². The lowest BCUT2D eigenvalue weighted by molar-refractivity contribution is -0.119. The highest BCUT2D eigenvalue weighted by molar-refractivity contribution is 5.80. The van der Waals surface area contributed by atoms with Gasteiger partial charge in [0.1, 0.15) is 0 Å². The molecule has 2 saturated heterocycles. The monoisotopic (exact) mass is 379 g/mol. The lowest BCUT2D eigenvalue weighted by Crippen LogP contribution is -2.49. The quantitative estimate of drug-likeness (QED) is 0.526. The number of nitrogens with one attached hydrogen (secondary N) is 1. The van der Waals surface area contributed by atoms with Crippen molar-refractivity contribution in [3.8, 4) is 0 Å². The average Bonchev–Trinajstić information content (AvgIpc) is 2.62. The van der Waals surface area contributed by atoms with Crippen LogP contribution in [0.2, 0.25) is 0 Å². The largest absolute Gasteiger partial charge is 0.370 e. The van der Waals surface area contributed by atoms with Crippen LogP contribution in [0.25, 0.3) is 0 Å². The van der Waals surface area contributed by atoms with Crippen LogP contribution >= 0.6 is 0 Å². The first-order valence-corrected chi connectivity index (χ1v) is 11.0. The van der Waals surface area contributed by atoms with Crippen LogP contribution in [0.1, 0.15) is 59.8 Å². The molecule has 2 rings (SSSR count). The number of carbonyl (C=O) groups excluding carboxylic acids is 1. The molecule has 0 spiro atoms. The second kappa shape index (κ2) is 10.9. The van der Waals surface area contributed by atoms with Crippen molar-refractivity contribution in [1.29, 1.82) is 0 Å². The van der Waals surface area contributed by atoms with Crippen LogP contribution in [-0.2, 0) is 4.79 Å². The fourth-order valence-electron chi connectivity index (χ4n) is 4.42. The van der Waals surface area contributed by atoms with Crippen LogP contribution in [0, 0.1) is 17.8 Å². The van der Waals surface area contributed by atoms with E-state index in [0.717, 1.165) is 50.9 Å². The molecule has 6 nitrogen and oxygen atoms in total. The third kappa shape index (κ3) is 6.98. The number of piperidine rings is 2. The molecule has 1 amide bonds. The Morgan fingerprint density at radius 2 is 1.93 bits per heavy atom. The minimum absolute atomic E-state index is 0.192. The fourth-order valence-corrected chi connectivity index (χ4v) is 4.42. The van der Waals surface area contributed by atoms with E-state index in [1.807, 2.05) is 0 Å². The maximum Gasteiger partial charge on any atom is 0.217 e. The molecule has 0 saturated carbocycles. The van der Waals surface area contributed by atoms with E-state index in [1.165, 1.54) is 25.9 Å². The number of nitrogens with zero attached hydrogens (tertiary/aromatic N) is 3. The second-order valence-corrected chi connectivity index (χ2v) is 8.85. The summed E-state index contributed by atoms with van der Waals surface area (Å²) in [5, 5.41) is 3.47. The summed E-state index contributed by atoms with van der Waals surface area (Å²) in [7, 11) is 0. The van der Waals surface area contributed by atoms with Crippen molar-refractivity contribution in [2.24, 2.45) is 28.5 Å². The Hall–Kier alpha value is -1.30. The lowest BCUT2D eigenvalue weighted by Gasteiger charge is -2.39. The van der Waals surface area contributed by atoms with Gasteiger partial charge in [-0.05, 0) is 63.5 Å². The summed E-state index contributed by atoms with van der Waals surface area (Å²) in [5.41, 5.74) is 5.42. The van der Waals surface area contributed by atoms with E-state index in [-0.39, 0.29) is 5.91 Å². The summed E-state index contributed by atoms with van der Waals surface area (Å²) in [6.45, 7) is 15.1. The summed E-state index contributed by atoms with van der Waals surface area (Å²) in [6, 6.07) is 0.498. The molecule has 0 bridgehead atoms. The summed E-state index contributed by atoms with van der Waals surface area (Å²) >= 11 is 0. The van der Waals surface area contributed by atoms with Gasteiger partial charge in [0.25, 0.3) is 0 Å². The van der Waals surface area contributed by atoms with E-state index in [1.54, 1.807) is 0 Å². The standard InChI is InChI=1S/C21H41N5O/c1-5-23-21(26-10-6-7-18(15-26)13-20(22)27)24-14-19(16(2)3)25-11-8-17(4)9-12-25/h16-19H,5-15H2,1-4H3,(H2,22,27)(H,23,24). The zero-order valence-electron chi connectivity index (χ0n) is 17.9. The molecule has 2 fully saturated rings. The maximum absolute atomic E-state index is 11.3. The SMILES string of the molecule is CCNC(=NCC(C(C)C)N1CCC(C)CC1)N1CCCC(CC(N)=O)C1. The number of rotatable bonds is 7. The van der Waals surface area contributed by atoms with Crippen molar-refractivity contribution in [3.05, 3.63) is 0 Å². The molecule has 0 aromatic carbocycles. The minimum atomic E-state index is -0.192. The van der Waals surface area contributed by atoms with Crippen LogP contribution in [0.5, 0.6) is 0 Å². The van der Waals surface area contributed by atoms with Gasteiger partial charge in [-0.25, -0.2) is 0 Å². The Labute approximate surface area is 165 Å². The first-order valence-electron chi connectivity index (χ1n) is 11.0. The van der Waals surface area contributed by atoms with Crippen LogP contribution < -0.4 is 11.1 Å². The van der Waals surface area contributed by atoms with Gasteiger partial charge in [-0.3, -0.25) is 14.7 Å². The van der Waals surface area contributed by atoms with Gasteiger partial charge in [0.15, 0.2) is 5.96 Å². The number of likely N-dealkylation sites (tertiary alicyclic amines) is 2. The van der Waals surface area contributed by atoms with Crippen molar-refractivity contribution < 1.29 is 4.79 Å². The zero-order valence-corrected chi connectivity index (χ0v) is 17.9. The van der Waals surface area contributed by atoms with Crippen LogP contribution in [-0.4, -0.2) is 67.0 Å². The van der Waals surface area contributed by atoms with Gasteiger partial charge in [0.05, 0.1) is 6.54 Å². The number of hydrogen-bond donors (Lipinski definition) is 2. The highest BCUT2D eigenvalue weighted by atomic mass is 16.1. The smallest absolute Gasteiger partial charge is 0.217 e. The Balaban J connectivity index is 2.02. The fraction of sp³-hybridized carbons (Fsp3) is 0.905. The topological polar surface area (TPSA) is 74.0 Å². The molecule has 2 aliphatic rings. The Kier molecular flexibility index (Phi) is 8.87. The summed E-state index contributed by atoms with van der Waals surface area (Å²) in [4.78, 5) is 21.3. The minimum Gasteiger partial charge on any atom is -0.370 e. The van der Waals surface area contributed by atoms with Gasteiger partial charge >= 0.3 is 0 Å². The van der Waals surface area contributed by atoms with E-state index >= 15 is 0 Å². The number of aliphatic imine (C=N–C) groups is 1. The molecule has 27 heavy (non-hydrogen) atoms. The molecule has 2 heterocycles. The molecule has 3 N–H and O–H groups in total. The first-order chi connectivity index (χ1) is 12.9. The molecular formula is C21H41N5O. The van der Waals surface area contributed by atoms with E-state index in [2.05, 4.69) is 42.8 Å². The zero-order chi connectivity index (χ0) is 19.8. The third-order valence-corrected chi connectivity index (χ3v) is 6.13. The van der Waals surface area contributed by atoms with Gasteiger partial charge in [-0.1, -0.05) is 20.8 Å². The number of amides is 1. The van der Waals surface area contributed by atoms with Crippen molar-refractivity contribution in [1.82, 2.24) is 15.1 Å². The number of hydrogen-bond acceptors (Lipinski definition) is 3. The molecule has 2 aliphatic heterocycles. The summed E-state index contributed by atoms with van der Waals surface area (Å²) in [5.74, 6) is 2.61. The van der Waals surface area contributed by atoms with E-state index in [9.17, 15) is 4.79 Å². The van der Waals surface area contributed by atoms with Crippen LogP contribution in [0.3, 0.4) is 0 Å².